The van der Waals surface area contributed by atoms with E-state index >= 15 is 0 Å². The van der Waals surface area contributed by atoms with Crippen molar-refractivity contribution in [3.05, 3.63) is 66.0 Å². The minimum Gasteiger partial charge on any atom is -0.354 e. The summed E-state index contributed by atoms with van der Waals surface area (Å²) in [4.78, 5) is 11.3. The molecule has 3 nitrogen and oxygen atoms in total. The number of alkyl halides is 1. The summed E-state index contributed by atoms with van der Waals surface area (Å²) >= 11 is 3.57. The summed E-state index contributed by atoms with van der Waals surface area (Å²) in [5.41, 5.74) is 3.24. The molecule has 0 bridgehead atoms. The standard InChI is InChI=1S/C17H16BrN3/c1-21(12-15-7-4-5-9-19-15)17-14(11-18)10-13-6-2-3-8-16(13)20-17/h2-10H,11-12H2,1H3. The lowest BCUT2D eigenvalue weighted by Gasteiger charge is -2.21. The molecule has 0 N–H and O–H groups in total. The summed E-state index contributed by atoms with van der Waals surface area (Å²) in [6, 6.07) is 16.4. The Bertz CT molecular complexity index is 743. The van der Waals surface area contributed by atoms with Crippen LogP contribution in [0.15, 0.2) is 54.7 Å². The number of para-hydroxylation sites is 1. The number of aromatic nitrogens is 2. The Hall–Kier alpha value is -1.94. The Balaban J connectivity index is 1.98. The smallest absolute Gasteiger partial charge is 0.133 e. The predicted molar refractivity (Wildman–Crippen MR) is 90.7 cm³/mol. The highest BCUT2D eigenvalue weighted by atomic mass is 79.9. The van der Waals surface area contributed by atoms with Crippen molar-refractivity contribution in [2.45, 2.75) is 11.9 Å². The van der Waals surface area contributed by atoms with Crippen LogP contribution in [0.25, 0.3) is 10.9 Å². The van der Waals surface area contributed by atoms with Crippen molar-refractivity contribution in [1.82, 2.24) is 9.97 Å². The molecule has 2 aromatic heterocycles. The number of nitrogens with zero attached hydrogens (tertiary/aromatic N) is 3. The molecule has 0 aliphatic rings. The van der Waals surface area contributed by atoms with Gasteiger partial charge in [0, 0.05) is 29.5 Å². The average Bonchev–Trinajstić information content (AvgIpc) is 2.54. The van der Waals surface area contributed by atoms with Gasteiger partial charge in [-0.25, -0.2) is 4.98 Å². The summed E-state index contributed by atoms with van der Waals surface area (Å²) < 4.78 is 0. The molecule has 21 heavy (non-hydrogen) atoms. The third-order valence-corrected chi connectivity index (χ3v) is 4.02. The molecule has 0 spiro atoms. The lowest BCUT2D eigenvalue weighted by atomic mass is 10.1. The van der Waals surface area contributed by atoms with Crippen LogP contribution in [-0.2, 0) is 11.9 Å². The monoisotopic (exact) mass is 341 g/mol. The van der Waals surface area contributed by atoms with Gasteiger partial charge in [0.2, 0.25) is 0 Å². The number of hydrogen-bond acceptors (Lipinski definition) is 3. The van der Waals surface area contributed by atoms with E-state index in [2.05, 4.69) is 45.0 Å². The number of halogens is 1. The van der Waals surface area contributed by atoms with Crippen molar-refractivity contribution in [2.24, 2.45) is 0 Å². The molecule has 3 rings (SSSR count). The van der Waals surface area contributed by atoms with Gasteiger partial charge in [-0.2, -0.15) is 0 Å². The number of fused-ring (bicyclic) bond motifs is 1. The first kappa shape index (κ1) is 14.0. The van der Waals surface area contributed by atoms with E-state index in [9.17, 15) is 0 Å². The lowest BCUT2D eigenvalue weighted by Crippen LogP contribution is -2.20. The number of benzene rings is 1. The largest absolute Gasteiger partial charge is 0.354 e. The SMILES string of the molecule is CN(Cc1ccccn1)c1nc2ccccc2cc1CBr. The second-order valence-corrected chi connectivity index (χ2v) is 5.54. The van der Waals surface area contributed by atoms with Crippen LogP contribution in [-0.4, -0.2) is 17.0 Å². The Labute approximate surface area is 132 Å². The average molecular weight is 342 g/mol. The second kappa shape index (κ2) is 6.22. The van der Waals surface area contributed by atoms with Gasteiger partial charge in [-0.15, -0.1) is 0 Å². The zero-order valence-corrected chi connectivity index (χ0v) is 13.4. The fourth-order valence-corrected chi connectivity index (χ4v) is 2.80. The maximum atomic E-state index is 4.81. The van der Waals surface area contributed by atoms with E-state index in [4.69, 9.17) is 4.98 Å². The van der Waals surface area contributed by atoms with Gasteiger partial charge in [0.15, 0.2) is 0 Å². The molecule has 0 aliphatic heterocycles. The molecule has 3 aromatic rings. The van der Waals surface area contributed by atoms with Crippen LogP contribution >= 0.6 is 15.9 Å². The van der Waals surface area contributed by atoms with Crippen LogP contribution in [0.2, 0.25) is 0 Å². The first-order valence-electron chi connectivity index (χ1n) is 6.83. The molecule has 0 unspecified atom stereocenters. The lowest BCUT2D eigenvalue weighted by molar-refractivity contribution is 0.863. The molecule has 1 aromatic carbocycles. The summed E-state index contributed by atoms with van der Waals surface area (Å²) in [7, 11) is 2.05. The van der Waals surface area contributed by atoms with Crippen molar-refractivity contribution in [3.63, 3.8) is 0 Å². The zero-order chi connectivity index (χ0) is 14.7. The topological polar surface area (TPSA) is 29.0 Å². The normalized spacial score (nSPS) is 10.8. The minimum absolute atomic E-state index is 0.742. The quantitative estimate of drug-likeness (QED) is 0.667. The first-order valence-corrected chi connectivity index (χ1v) is 7.96. The van der Waals surface area contributed by atoms with E-state index in [1.165, 1.54) is 10.9 Å². The van der Waals surface area contributed by atoms with Crippen molar-refractivity contribution in [3.8, 4) is 0 Å². The van der Waals surface area contributed by atoms with Gasteiger partial charge in [-0.05, 0) is 24.3 Å². The van der Waals surface area contributed by atoms with Gasteiger partial charge in [0.1, 0.15) is 5.82 Å². The molecule has 2 heterocycles. The van der Waals surface area contributed by atoms with Crippen molar-refractivity contribution in [1.29, 1.82) is 0 Å². The molecular formula is C17H16BrN3. The minimum atomic E-state index is 0.742. The summed E-state index contributed by atoms with van der Waals surface area (Å²) in [5.74, 6) is 0.997. The fraction of sp³-hybridized carbons (Fsp3) is 0.176. The highest BCUT2D eigenvalue weighted by Crippen LogP contribution is 2.25. The summed E-state index contributed by atoms with van der Waals surface area (Å²) in [6.45, 7) is 0.742. The fourth-order valence-electron chi connectivity index (χ4n) is 2.39. The summed E-state index contributed by atoms with van der Waals surface area (Å²) in [6.07, 6.45) is 1.82. The van der Waals surface area contributed by atoms with Crippen LogP contribution < -0.4 is 4.90 Å². The zero-order valence-electron chi connectivity index (χ0n) is 11.8. The van der Waals surface area contributed by atoms with Gasteiger partial charge < -0.3 is 4.90 Å². The number of rotatable bonds is 4. The molecule has 0 aliphatic carbocycles. The molecule has 0 atom stereocenters. The van der Waals surface area contributed by atoms with Crippen LogP contribution in [0.4, 0.5) is 5.82 Å². The van der Waals surface area contributed by atoms with Crippen molar-refractivity contribution in [2.75, 3.05) is 11.9 Å². The maximum Gasteiger partial charge on any atom is 0.133 e. The van der Waals surface area contributed by atoms with Crippen molar-refractivity contribution >= 4 is 32.7 Å². The maximum absolute atomic E-state index is 4.81. The Kier molecular flexibility index (Phi) is 4.15. The number of anilines is 1. The van der Waals surface area contributed by atoms with Gasteiger partial charge in [0.25, 0.3) is 0 Å². The Morgan fingerprint density at radius 1 is 1.10 bits per heavy atom. The molecule has 0 saturated heterocycles. The third-order valence-electron chi connectivity index (χ3n) is 3.41. The van der Waals surface area contributed by atoms with E-state index in [0.717, 1.165) is 28.9 Å². The van der Waals surface area contributed by atoms with Gasteiger partial charge in [-0.1, -0.05) is 40.2 Å². The van der Waals surface area contributed by atoms with E-state index in [1.807, 2.05) is 42.6 Å². The van der Waals surface area contributed by atoms with Crippen LogP contribution in [0, 0.1) is 0 Å². The number of pyridine rings is 2. The number of hydrogen-bond donors (Lipinski definition) is 0. The first-order chi connectivity index (χ1) is 10.3. The molecule has 0 amide bonds. The van der Waals surface area contributed by atoms with E-state index in [0.29, 0.717) is 0 Å². The highest BCUT2D eigenvalue weighted by Gasteiger charge is 2.11. The van der Waals surface area contributed by atoms with Crippen molar-refractivity contribution < 1.29 is 0 Å². The Morgan fingerprint density at radius 2 is 1.90 bits per heavy atom. The molecule has 0 fully saturated rings. The van der Waals surface area contributed by atoms with Crippen LogP contribution in [0.5, 0.6) is 0 Å². The van der Waals surface area contributed by atoms with E-state index < -0.39 is 0 Å². The van der Waals surface area contributed by atoms with Crippen LogP contribution in [0.3, 0.4) is 0 Å². The van der Waals surface area contributed by atoms with Gasteiger partial charge in [-0.3, -0.25) is 4.98 Å². The van der Waals surface area contributed by atoms with Crippen LogP contribution in [0.1, 0.15) is 11.3 Å². The van der Waals surface area contributed by atoms with E-state index in [-0.39, 0.29) is 0 Å². The third kappa shape index (κ3) is 3.05. The van der Waals surface area contributed by atoms with E-state index in [1.54, 1.807) is 0 Å². The molecule has 0 saturated carbocycles. The molecule has 106 valence electrons. The Morgan fingerprint density at radius 3 is 2.67 bits per heavy atom. The summed E-state index contributed by atoms with van der Waals surface area (Å²) in [5, 5.41) is 1.95. The molecule has 4 heteroatoms. The second-order valence-electron chi connectivity index (χ2n) is 4.97. The highest BCUT2D eigenvalue weighted by molar-refractivity contribution is 9.08. The van der Waals surface area contributed by atoms with Gasteiger partial charge in [0.05, 0.1) is 17.8 Å². The van der Waals surface area contributed by atoms with Gasteiger partial charge >= 0.3 is 0 Å². The molecule has 0 radical (unpaired) electrons. The predicted octanol–water partition coefficient (Wildman–Crippen LogP) is 4.16. The molecular weight excluding hydrogens is 326 g/mol.